The molecule has 0 bridgehead atoms. The average Bonchev–Trinajstić information content (AvgIpc) is 2.72. The fourth-order valence-electron chi connectivity index (χ4n) is 3.81. The Balaban J connectivity index is 1.50. The molecule has 0 aromatic heterocycles. The van der Waals surface area contributed by atoms with Crippen LogP contribution in [0.3, 0.4) is 0 Å². The number of fused-ring (bicyclic) bond motifs is 1. The van der Waals surface area contributed by atoms with Crippen molar-refractivity contribution >= 4 is 16.7 Å². The molecule has 138 valence electrons. The highest BCUT2D eigenvalue weighted by Gasteiger charge is 2.27. The number of hydrogen-bond acceptors (Lipinski definition) is 4. The van der Waals surface area contributed by atoms with Crippen LogP contribution in [0.2, 0.25) is 0 Å². The maximum atomic E-state index is 11.2. The highest BCUT2D eigenvalue weighted by Crippen LogP contribution is 2.29. The molecule has 3 aromatic carbocycles. The maximum absolute atomic E-state index is 11.2. The molecule has 1 N–H and O–H groups in total. The largest absolute Gasteiger partial charge is 0.545 e. The Bertz CT molecular complexity index is 953. The van der Waals surface area contributed by atoms with Crippen molar-refractivity contribution in [2.75, 3.05) is 13.1 Å². The zero-order valence-electron chi connectivity index (χ0n) is 15.1. The van der Waals surface area contributed by atoms with Gasteiger partial charge in [-0.05, 0) is 52.6 Å². The van der Waals surface area contributed by atoms with Gasteiger partial charge in [-0.15, -0.1) is 0 Å². The summed E-state index contributed by atoms with van der Waals surface area (Å²) in [6, 6.07) is 21.7. The topological polar surface area (TPSA) is 61.4 Å². The molecule has 3 aromatic rings. The molecule has 1 aliphatic heterocycles. The third-order valence-electron chi connectivity index (χ3n) is 5.25. The van der Waals surface area contributed by atoms with Gasteiger partial charge in [0, 0.05) is 12.5 Å². The molecule has 1 heterocycles. The van der Waals surface area contributed by atoms with Crippen molar-refractivity contribution in [3.8, 4) is 0 Å². The van der Waals surface area contributed by atoms with Crippen molar-refractivity contribution < 1.29 is 14.6 Å². The summed E-state index contributed by atoms with van der Waals surface area (Å²) in [4.78, 5) is 11.2. The van der Waals surface area contributed by atoms with E-state index in [1.807, 2.05) is 18.2 Å². The van der Waals surface area contributed by atoms with Gasteiger partial charge in [-0.1, -0.05) is 54.6 Å². The van der Waals surface area contributed by atoms with Crippen LogP contribution in [-0.2, 0) is 11.3 Å². The van der Waals surface area contributed by atoms with E-state index in [1.165, 1.54) is 10.8 Å². The van der Waals surface area contributed by atoms with Gasteiger partial charge in [0.05, 0.1) is 18.7 Å². The first-order chi connectivity index (χ1) is 13.2. The van der Waals surface area contributed by atoms with Crippen LogP contribution < -0.4 is 10.4 Å². The van der Waals surface area contributed by atoms with Crippen molar-refractivity contribution in [2.45, 2.75) is 25.0 Å². The summed E-state index contributed by atoms with van der Waals surface area (Å²) in [6.45, 7) is 2.19. The van der Waals surface area contributed by atoms with Gasteiger partial charge in [-0.25, -0.2) is 0 Å². The molecule has 1 fully saturated rings. The highest BCUT2D eigenvalue weighted by molar-refractivity contribution is 5.86. The first-order valence-electron chi connectivity index (χ1n) is 9.32. The second kappa shape index (κ2) is 7.91. The van der Waals surface area contributed by atoms with E-state index in [2.05, 4.69) is 35.6 Å². The third kappa shape index (κ3) is 4.02. The van der Waals surface area contributed by atoms with Crippen LogP contribution in [0.15, 0.2) is 66.7 Å². The Hall–Kier alpha value is -2.69. The highest BCUT2D eigenvalue weighted by atomic mass is 16.5. The van der Waals surface area contributed by atoms with Crippen molar-refractivity contribution in [3.05, 3.63) is 83.4 Å². The standard InChI is InChI=1S/C23H23NO3/c25-23(26)20-7-3-6-19(13-20)21-10-11-24-14-22(21)27-15-16-8-9-17-4-1-2-5-18(17)12-16/h1-9,12-13,21-22,24H,10-11,14-15H2,(H,25,26)/p-1. The fraction of sp³-hybridized carbons (Fsp3) is 0.261. The zero-order chi connectivity index (χ0) is 18.6. The number of hydrogen-bond donors (Lipinski definition) is 1. The number of piperidine rings is 1. The average molecular weight is 360 g/mol. The molecular weight excluding hydrogens is 338 g/mol. The molecule has 27 heavy (non-hydrogen) atoms. The number of carbonyl (C=O) groups is 1. The summed E-state index contributed by atoms with van der Waals surface area (Å²) < 4.78 is 6.26. The molecule has 1 aliphatic rings. The van der Waals surface area contributed by atoms with Crippen LogP contribution in [0.25, 0.3) is 10.8 Å². The van der Waals surface area contributed by atoms with Crippen molar-refractivity contribution in [1.82, 2.24) is 5.32 Å². The molecule has 0 saturated carbocycles. The van der Waals surface area contributed by atoms with Crippen LogP contribution in [0.1, 0.15) is 33.8 Å². The Morgan fingerprint density at radius 2 is 1.89 bits per heavy atom. The number of benzene rings is 3. The summed E-state index contributed by atoms with van der Waals surface area (Å²) in [5.74, 6) is -0.967. The van der Waals surface area contributed by atoms with E-state index in [-0.39, 0.29) is 17.6 Å². The summed E-state index contributed by atoms with van der Waals surface area (Å²) in [6.07, 6.45) is 0.918. The number of carboxylic acid groups (broad SMARTS) is 1. The molecule has 2 atom stereocenters. The minimum absolute atomic E-state index is 0.00206. The van der Waals surface area contributed by atoms with E-state index in [9.17, 15) is 9.90 Å². The van der Waals surface area contributed by atoms with Gasteiger partial charge in [0.15, 0.2) is 0 Å². The second-order valence-electron chi connectivity index (χ2n) is 7.04. The predicted molar refractivity (Wildman–Crippen MR) is 104 cm³/mol. The third-order valence-corrected chi connectivity index (χ3v) is 5.25. The zero-order valence-corrected chi connectivity index (χ0v) is 15.1. The molecule has 2 unspecified atom stereocenters. The summed E-state index contributed by atoms with van der Waals surface area (Å²) >= 11 is 0. The lowest BCUT2D eigenvalue weighted by Gasteiger charge is -2.33. The Morgan fingerprint density at radius 1 is 1.04 bits per heavy atom. The summed E-state index contributed by atoms with van der Waals surface area (Å²) in [5, 5.41) is 17.0. The normalized spacial score (nSPS) is 19.9. The molecule has 0 spiro atoms. The van der Waals surface area contributed by atoms with Crippen molar-refractivity contribution in [3.63, 3.8) is 0 Å². The molecule has 0 amide bonds. The van der Waals surface area contributed by atoms with E-state index in [1.54, 1.807) is 18.2 Å². The first-order valence-corrected chi connectivity index (χ1v) is 9.32. The lowest BCUT2D eigenvalue weighted by Crippen LogP contribution is -2.41. The monoisotopic (exact) mass is 360 g/mol. The number of ether oxygens (including phenoxy) is 1. The molecule has 4 nitrogen and oxygen atoms in total. The quantitative estimate of drug-likeness (QED) is 0.760. The van der Waals surface area contributed by atoms with Crippen LogP contribution in [0, 0.1) is 0 Å². The smallest absolute Gasteiger partial charge is 0.0772 e. The number of carboxylic acids is 1. The number of aromatic carboxylic acids is 1. The van der Waals surface area contributed by atoms with Gasteiger partial charge >= 0.3 is 0 Å². The van der Waals surface area contributed by atoms with E-state index in [4.69, 9.17) is 4.74 Å². The molecule has 0 aliphatic carbocycles. The van der Waals surface area contributed by atoms with Crippen LogP contribution in [0.5, 0.6) is 0 Å². The fourth-order valence-corrected chi connectivity index (χ4v) is 3.81. The van der Waals surface area contributed by atoms with Crippen molar-refractivity contribution in [1.29, 1.82) is 0 Å². The van der Waals surface area contributed by atoms with Crippen molar-refractivity contribution in [2.24, 2.45) is 0 Å². The van der Waals surface area contributed by atoms with Crippen LogP contribution >= 0.6 is 0 Å². The van der Waals surface area contributed by atoms with E-state index in [0.29, 0.717) is 6.61 Å². The van der Waals surface area contributed by atoms with E-state index < -0.39 is 5.97 Å². The molecular formula is C23H22NO3-. The lowest BCUT2D eigenvalue weighted by atomic mass is 9.87. The van der Waals surface area contributed by atoms with E-state index in [0.717, 1.165) is 30.6 Å². The Morgan fingerprint density at radius 3 is 2.74 bits per heavy atom. The maximum Gasteiger partial charge on any atom is 0.0772 e. The van der Waals surface area contributed by atoms with Crippen LogP contribution in [-0.4, -0.2) is 25.2 Å². The predicted octanol–water partition coefficient (Wildman–Crippen LogP) is 2.87. The van der Waals surface area contributed by atoms with Crippen LogP contribution in [0.4, 0.5) is 0 Å². The van der Waals surface area contributed by atoms with Gasteiger partial charge < -0.3 is 20.0 Å². The van der Waals surface area contributed by atoms with Gasteiger partial charge in [0.25, 0.3) is 0 Å². The number of rotatable bonds is 5. The summed E-state index contributed by atoms with van der Waals surface area (Å²) in [7, 11) is 0. The number of carbonyl (C=O) groups excluding carboxylic acids is 1. The minimum atomic E-state index is -1.14. The Kier molecular flexibility index (Phi) is 5.19. The Labute approximate surface area is 158 Å². The SMILES string of the molecule is O=C([O-])c1cccc(C2CCNCC2OCc2ccc3ccccc3c2)c1. The molecule has 1 saturated heterocycles. The first kappa shape index (κ1) is 17.7. The molecule has 0 radical (unpaired) electrons. The summed E-state index contributed by atoms with van der Waals surface area (Å²) in [5.41, 5.74) is 2.36. The molecule has 4 rings (SSSR count). The molecule has 4 heteroatoms. The van der Waals surface area contributed by atoms with Gasteiger partial charge in [0.1, 0.15) is 0 Å². The van der Waals surface area contributed by atoms with Gasteiger partial charge in [-0.3, -0.25) is 0 Å². The lowest BCUT2D eigenvalue weighted by molar-refractivity contribution is -0.255. The van der Waals surface area contributed by atoms with Gasteiger partial charge in [0.2, 0.25) is 0 Å². The van der Waals surface area contributed by atoms with Gasteiger partial charge in [-0.2, -0.15) is 0 Å². The minimum Gasteiger partial charge on any atom is -0.545 e. The number of nitrogens with one attached hydrogen (secondary N) is 1. The second-order valence-corrected chi connectivity index (χ2v) is 7.04. The van der Waals surface area contributed by atoms with E-state index >= 15 is 0 Å².